The Balaban J connectivity index is 1.70. The molecule has 0 aromatic heterocycles. The molecule has 7 nitrogen and oxygen atoms in total. The van der Waals surface area contributed by atoms with Crippen LogP contribution in [0.5, 0.6) is 0 Å². The van der Waals surface area contributed by atoms with E-state index in [2.05, 4.69) is 6.58 Å². The Kier molecular flexibility index (Phi) is 6.84. The van der Waals surface area contributed by atoms with Gasteiger partial charge in [0.15, 0.2) is 0 Å². The molecule has 0 spiro atoms. The molecule has 3 saturated carbocycles. The maximum atomic E-state index is 12.7. The standard InChI is InChI=1S/C22H30O7S/c1-14-5-7-17(8-6-14)30(25,26)29-10-9-22(24)16(3)18-11-20(23)21(22)15(2)19(18)12-28-13-27-4/h5-8,15,18-19,21,24H,3,9-13H2,1-2,4H3/t15-,18-,19-,21+,22-/m0/s1. The first-order chi connectivity index (χ1) is 14.1. The van der Waals surface area contributed by atoms with E-state index in [1.807, 2.05) is 13.8 Å². The molecule has 166 valence electrons. The van der Waals surface area contributed by atoms with Crippen LogP contribution in [0.4, 0.5) is 0 Å². The number of ketones is 1. The summed E-state index contributed by atoms with van der Waals surface area (Å²) >= 11 is 0. The Labute approximate surface area is 178 Å². The van der Waals surface area contributed by atoms with Crippen LogP contribution in [0.2, 0.25) is 0 Å². The number of benzene rings is 1. The highest BCUT2D eigenvalue weighted by Crippen LogP contribution is 2.55. The lowest BCUT2D eigenvalue weighted by Crippen LogP contribution is -2.61. The molecule has 30 heavy (non-hydrogen) atoms. The first-order valence-corrected chi connectivity index (χ1v) is 11.5. The van der Waals surface area contributed by atoms with E-state index in [-0.39, 0.29) is 48.3 Å². The number of hydrogen-bond acceptors (Lipinski definition) is 7. The van der Waals surface area contributed by atoms with E-state index in [0.29, 0.717) is 18.6 Å². The minimum Gasteiger partial charge on any atom is -0.385 e. The second-order valence-corrected chi connectivity index (χ2v) is 9.96. The van der Waals surface area contributed by atoms with Crippen LogP contribution in [0.1, 0.15) is 25.3 Å². The molecule has 0 aliphatic heterocycles. The van der Waals surface area contributed by atoms with Crippen molar-refractivity contribution < 1.29 is 32.0 Å². The number of rotatable bonds is 9. The lowest BCUT2D eigenvalue weighted by Gasteiger charge is -2.56. The minimum atomic E-state index is -3.95. The van der Waals surface area contributed by atoms with E-state index in [1.54, 1.807) is 19.2 Å². The molecule has 4 rings (SSSR count). The van der Waals surface area contributed by atoms with Crippen molar-refractivity contribution in [1.29, 1.82) is 0 Å². The number of carbonyl (C=O) groups excluding carboxylic acids is 1. The zero-order valence-corrected chi connectivity index (χ0v) is 18.5. The number of aliphatic hydroxyl groups is 1. The highest BCUT2D eigenvalue weighted by atomic mass is 32.2. The molecule has 8 heteroatoms. The molecular formula is C22H30O7S. The van der Waals surface area contributed by atoms with Gasteiger partial charge in [-0.2, -0.15) is 8.42 Å². The predicted octanol–water partition coefficient (Wildman–Crippen LogP) is 2.47. The molecule has 5 atom stereocenters. The van der Waals surface area contributed by atoms with Crippen LogP contribution in [0.25, 0.3) is 0 Å². The molecule has 3 aliphatic carbocycles. The smallest absolute Gasteiger partial charge is 0.296 e. The molecule has 1 aromatic rings. The summed E-state index contributed by atoms with van der Waals surface area (Å²) < 4.78 is 40.5. The highest BCUT2D eigenvalue weighted by molar-refractivity contribution is 7.86. The lowest BCUT2D eigenvalue weighted by atomic mass is 9.50. The van der Waals surface area contributed by atoms with Gasteiger partial charge in [-0.25, -0.2) is 0 Å². The molecule has 0 unspecified atom stereocenters. The van der Waals surface area contributed by atoms with Gasteiger partial charge in [0.05, 0.1) is 29.6 Å². The quantitative estimate of drug-likeness (QED) is 0.274. The maximum Gasteiger partial charge on any atom is 0.296 e. The van der Waals surface area contributed by atoms with Crippen LogP contribution in [-0.2, 0) is 28.6 Å². The van der Waals surface area contributed by atoms with Crippen molar-refractivity contribution >= 4 is 15.9 Å². The highest BCUT2D eigenvalue weighted by Gasteiger charge is 2.60. The van der Waals surface area contributed by atoms with E-state index in [0.717, 1.165) is 5.56 Å². The third-order valence-corrected chi connectivity index (χ3v) is 7.87. The van der Waals surface area contributed by atoms with Gasteiger partial charge in [-0.1, -0.05) is 31.2 Å². The van der Waals surface area contributed by atoms with E-state index in [4.69, 9.17) is 13.7 Å². The first kappa shape index (κ1) is 23.1. The SMILES string of the molecule is C=C1[C@@H]2CC(=O)[C@@H]([C@@H](C)[C@@H]2COCOC)[C@]1(O)CCOS(=O)(=O)c1ccc(C)cc1. The largest absolute Gasteiger partial charge is 0.385 e. The lowest BCUT2D eigenvalue weighted by molar-refractivity contribution is -0.161. The van der Waals surface area contributed by atoms with Gasteiger partial charge in [0.2, 0.25) is 0 Å². The summed E-state index contributed by atoms with van der Waals surface area (Å²) in [5.41, 5.74) is 0.0156. The predicted molar refractivity (Wildman–Crippen MR) is 110 cm³/mol. The topological polar surface area (TPSA) is 99.1 Å². The van der Waals surface area contributed by atoms with E-state index in [1.165, 1.54) is 12.1 Å². The summed E-state index contributed by atoms with van der Waals surface area (Å²) in [6.07, 6.45) is 0.305. The van der Waals surface area contributed by atoms with Gasteiger partial charge in [-0.15, -0.1) is 0 Å². The number of aryl methyl sites for hydroxylation is 1. The second kappa shape index (κ2) is 8.88. The normalized spacial score (nSPS) is 31.3. The van der Waals surface area contributed by atoms with Gasteiger partial charge in [-0.3, -0.25) is 8.98 Å². The number of methoxy groups -OCH3 is 1. The summed E-state index contributed by atoms with van der Waals surface area (Å²) in [5, 5.41) is 11.4. The molecule has 3 aliphatic rings. The Morgan fingerprint density at radius 2 is 1.93 bits per heavy atom. The van der Waals surface area contributed by atoms with Crippen LogP contribution >= 0.6 is 0 Å². The molecule has 0 heterocycles. The fraction of sp³-hybridized carbons (Fsp3) is 0.591. The number of hydrogen-bond donors (Lipinski definition) is 1. The van der Waals surface area contributed by atoms with Crippen molar-refractivity contribution in [3.63, 3.8) is 0 Å². The molecule has 2 bridgehead atoms. The molecule has 0 saturated heterocycles. The van der Waals surface area contributed by atoms with Gasteiger partial charge in [0, 0.05) is 20.0 Å². The Hall–Kier alpha value is -1.58. The van der Waals surface area contributed by atoms with Crippen molar-refractivity contribution in [3.8, 4) is 0 Å². The van der Waals surface area contributed by atoms with E-state index >= 15 is 0 Å². The van der Waals surface area contributed by atoms with Gasteiger partial charge >= 0.3 is 0 Å². The molecule has 1 aromatic carbocycles. The van der Waals surface area contributed by atoms with Crippen LogP contribution in [0.15, 0.2) is 41.3 Å². The van der Waals surface area contributed by atoms with Gasteiger partial charge < -0.3 is 14.6 Å². The van der Waals surface area contributed by atoms with Crippen molar-refractivity contribution in [3.05, 3.63) is 42.0 Å². The van der Waals surface area contributed by atoms with Gasteiger partial charge in [0.1, 0.15) is 12.6 Å². The zero-order chi connectivity index (χ0) is 22.1. The summed E-state index contributed by atoms with van der Waals surface area (Å²) in [7, 11) is -2.40. The number of Topliss-reactive ketones (excluding diaryl/α,β-unsaturated/α-hetero) is 1. The van der Waals surface area contributed by atoms with Crippen molar-refractivity contribution in [2.24, 2.45) is 23.7 Å². The second-order valence-electron chi connectivity index (χ2n) is 8.34. The Morgan fingerprint density at radius 3 is 2.57 bits per heavy atom. The molecule has 3 fully saturated rings. The molecule has 0 radical (unpaired) electrons. The fourth-order valence-electron chi connectivity index (χ4n) is 4.94. The molecule has 0 amide bonds. The zero-order valence-electron chi connectivity index (χ0n) is 17.7. The van der Waals surface area contributed by atoms with Crippen molar-refractivity contribution in [2.45, 2.75) is 37.2 Å². The monoisotopic (exact) mass is 438 g/mol. The number of ether oxygens (including phenoxy) is 2. The van der Waals surface area contributed by atoms with E-state index in [9.17, 15) is 18.3 Å². The molecular weight excluding hydrogens is 408 g/mol. The Bertz CT molecular complexity index is 893. The maximum absolute atomic E-state index is 12.7. The van der Waals surface area contributed by atoms with E-state index < -0.39 is 21.6 Å². The van der Waals surface area contributed by atoms with Crippen molar-refractivity contribution in [2.75, 3.05) is 27.1 Å². The number of fused-ring (bicyclic) bond motifs is 3. The average Bonchev–Trinajstić information content (AvgIpc) is 2.68. The summed E-state index contributed by atoms with van der Waals surface area (Å²) in [4.78, 5) is 12.7. The van der Waals surface area contributed by atoms with Crippen molar-refractivity contribution in [1.82, 2.24) is 0 Å². The first-order valence-electron chi connectivity index (χ1n) is 10.1. The Morgan fingerprint density at radius 1 is 1.27 bits per heavy atom. The van der Waals surface area contributed by atoms with Gasteiger partial charge in [-0.05, 0) is 42.4 Å². The summed E-state index contributed by atoms with van der Waals surface area (Å²) in [6, 6.07) is 6.35. The minimum absolute atomic E-state index is 0.0141. The molecule has 1 N–H and O–H groups in total. The summed E-state index contributed by atoms with van der Waals surface area (Å²) in [5.74, 6) is -0.971. The van der Waals surface area contributed by atoms with Gasteiger partial charge in [0.25, 0.3) is 10.1 Å². The summed E-state index contributed by atoms with van der Waals surface area (Å²) in [6.45, 7) is 8.22. The fourth-order valence-corrected chi connectivity index (χ4v) is 5.85. The third-order valence-electron chi connectivity index (χ3n) is 6.55. The van der Waals surface area contributed by atoms with Crippen LogP contribution in [0, 0.1) is 30.6 Å². The van der Waals surface area contributed by atoms with Crippen LogP contribution < -0.4 is 0 Å². The number of carbonyl (C=O) groups is 1. The van der Waals surface area contributed by atoms with Crippen LogP contribution in [0.3, 0.4) is 0 Å². The van der Waals surface area contributed by atoms with Crippen LogP contribution in [-0.4, -0.2) is 52.0 Å². The third kappa shape index (κ3) is 4.24. The average molecular weight is 439 g/mol.